The van der Waals surface area contributed by atoms with Gasteiger partial charge in [0.15, 0.2) is 9.84 Å². The van der Waals surface area contributed by atoms with Crippen molar-refractivity contribution in [2.24, 2.45) is 0 Å². The van der Waals surface area contributed by atoms with Gasteiger partial charge in [0.1, 0.15) is 5.60 Å². The molecule has 1 saturated heterocycles. The molecule has 138 valence electrons. The normalized spacial score (nSPS) is 19.2. The van der Waals surface area contributed by atoms with Crippen molar-refractivity contribution in [3.63, 3.8) is 0 Å². The molecule has 1 aliphatic heterocycles. The largest absolute Gasteiger partial charge is 0.444 e. The number of benzene rings is 1. The van der Waals surface area contributed by atoms with Gasteiger partial charge in [0.2, 0.25) is 5.91 Å². The number of ether oxygens (including phenoxy) is 1. The molecular formula is C17H24N2O5S. The zero-order valence-corrected chi connectivity index (χ0v) is 15.5. The van der Waals surface area contributed by atoms with Gasteiger partial charge in [-0.15, -0.1) is 0 Å². The van der Waals surface area contributed by atoms with Crippen molar-refractivity contribution in [3.05, 3.63) is 29.8 Å². The van der Waals surface area contributed by atoms with Crippen LogP contribution in [0.5, 0.6) is 0 Å². The Morgan fingerprint density at radius 3 is 2.36 bits per heavy atom. The lowest BCUT2D eigenvalue weighted by atomic mass is 10.1. The molecule has 1 aliphatic rings. The molecule has 0 aromatic heterocycles. The van der Waals surface area contributed by atoms with Gasteiger partial charge >= 0.3 is 6.09 Å². The fourth-order valence-corrected chi connectivity index (χ4v) is 4.17. The lowest BCUT2D eigenvalue weighted by Crippen LogP contribution is -2.36. The van der Waals surface area contributed by atoms with Gasteiger partial charge in [-0.3, -0.25) is 10.1 Å². The Labute approximate surface area is 148 Å². The smallest absolute Gasteiger partial charge is 0.412 e. The third-order valence-electron chi connectivity index (χ3n) is 3.56. The number of sulfone groups is 1. The Morgan fingerprint density at radius 2 is 1.84 bits per heavy atom. The molecular weight excluding hydrogens is 344 g/mol. The lowest BCUT2D eigenvalue weighted by Gasteiger charge is -2.19. The van der Waals surface area contributed by atoms with E-state index < -0.39 is 21.5 Å². The predicted octanol–water partition coefficient (Wildman–Crippen LogP) is 1.88. The second-order valence-electron chi connectivity index (χ2n) is 7.17. The van der Waals surface area contributed by atoms with E-state index in [-0.39, 0.29) is 29.9 Å². The predicted molar refractivity (Wildman–Crippen MR) is 95.2 cm³/mol. The molecule has 2 rings (SSSR count). The van der Waals surface area contributed by atoms with E-state index in [4.69, 9.17) is 4.74 Å². The van der Waals surface area contributed by atoms with Crippen molar-refractivity contribution in [1.82, 2.24) is 5.32 Å². The van der Waals surface area contributed by atoms with Gasteiger partial charge in [0.25, 0.3) is 0 Å². The molecule has 1 atom stereocenters. The van der Waals surface area contributed by atoms with Gasteiger partial charge in [-0.25, -0.2) is 13.2 Å². The first-order chi connectivity index (χ1) is 11.5. The molecule has 2 amide bonds. The number of nitrogens with one attached hydrogen (secondary N) is 2. The van der Waals surface area contributed by atoms with Gasteiger partial charge in [-0.1, -0.05) is 12.1 Å². The third-order valence-corrected chi connectivity index (χ3v) is 5.33. The van der Waals surface area contributed by atoms with Crippen LogP contribution in [0, 0.1) is 0 Å². The number of carbonyl (C=O) groups excluding carboxylic acids is 2. The number of hydrogen-bond donors (Lipinski definition) is 2. The van der Waals surface area contributed by atoms with Gasteiger partial charge < -0.3 is 10.1 Å². The highest BCUT2D eigenvalue weighted by atomic mass is 32.2. The first-order valence-electron chi connectivity index (χ1n) is 8.11. The first-order valence-corrected chi connectivity index (χ1v) is 9.93. The second-order valence-corrected chi connectivity index (χ2v) is 9.40. The van der Waals surface area contributed by atoms with Gasteiger partial charge in [0, 0.05) is 11.7 Å². The van der Waals surface area contributed by atoms with E-state index in [2.05, 4.69) is 10.6 Å². The molecule has 0 bridgehead atoms. The summed E-state index contributed by atoms with van der Waals surface area (Å²) in [6.07, 6.45) is 0.0799. The Kier molecular flexibility index (Phi) is 5.72. The molecule has 1 aromatic rings. The van der Waals surface area contributed by atoms with Crippen molar-refractivity contribution < 1.29 is 22.7 Å². The number of carbonyl (C=O) groups is 2. The molecule has 0 radical (unpaired) electrons. The van der Waals surface area contributed by atoms with Crippen LogP contribution in [0.1, 0.15) is 32.8 Å². The third kappa shape index (κ3) is 6.74. The summed E-state index contributed by atoms with van der Waals surface area (Å²) in [5.41, 5.74) is 0.768. The maximum Gasteiger partial charge on any atom is 0.412 e. The zero-order chi connectivity index (χ0) is 18.7. The van der Waals surface area contributed by atoms with E-state index in [1.54, 1.807) is 45.0 Å². The molecule has 1 aromatic carbocycles. The fraction of sp³-hybridized carbons (Fsp3) is 0.529. The van der Waals surface area contributed by atoms with Crippen LogP contribution in [0.15, 0.2) is 24.3 Å². The summed E-state index contributed by atoms with van der Waals surface area (Å²) in [7, 11) is -3.01. The minimum atomic E-state index is -3.01. The Balaban J connectivity index is 1.83. The van der Waals surface area contributed by atoms with E-state index in [9.17, 15) is 18.0 Å². The van der Waals surface area contributed by atoms with Crippen molar-refractivity contribution >= 4 is 27.5 Å². The number of hydrogen-bond acceptors (Lipinski definition) is 5. The number of amides is 2. The van der Waals surface area contributed by atoms with Gasteiger partial charge in [-0.2, -0.15) is 0 Å². The van der Waals surface area contributed by atoms with Crippen LogP contribution in [0.2, 0.25) is 0 Å². The average Bonchev–Trinajstić information content (AvgIpc) is 2.77. The maximum atomic E-state index is 12.0. The molecule has 0 saturated carbocycles. The molecule has 2 N–H and O–H groups in total. The SMILES string of the molecule is CC(C)(C)OC(=O)Nc1ccc(CC(=O)N[C@@H]2CCS(=O)(=O)C2)cc1. The van der Waals surface area contributed by atoms with E-state index in [0.717, 1.165) is 5.56 Å². The van der Waals surface area contributed by atoms with Crippen LogP contribution in [-0.4, -0.2) is 43.6 Å². The van der Waals surface area contributed by atoms with Crippen LogP contribution < -0.4 is 10.6 Å². The quantitative estimate of drug-likeness (QED) is 0.845. The standard InChI is InChI=1S/C17H24N2O5S/c1-17(2,3)24-16(21)19-13-6-4-12(5-7-13)10-15(20)18-14-8-9-25(22,23)11-14/h4-7,14H,8-11H2,1-3H3,(H,18,20)(H,19,21)/t14-/m1/s1. The molecule has 0 spiro atoms. The summed E-state index contributed by atoms with van der Waals surface area (Å²) in [5, 5.41) is 5.37. The van der Waals surface area contributed by atoms with Gasteiger partial charge in [-0.05, 0) is 44.9 Å². The van der Waals surface area contributed by atoms with Crippen LogP contribution in [-0.2, 0) is 25.8 Å². The molecule has 0 unspecified atom stereocenters. The molecule has 25 heavy (non-hydrogen) atoms. The first kappa shape index (κ1) is 19.2. The summed E-state index contributed by atoms with van der Waals surface area (Å²) in [4.78, 5) is 23.7. The van der Waals surface area contributed by atoms with Crippen LogP contribution in [0.25, 0.3) is 0 Å². The molecule has 1 heterocycles. The fourth-order valence-electron chi connectivity index (χ4n) is 2.50. The molecule has 8 heteroatoms. The monoisotopic (exact) mass is 368 g/mol. The topological polar surface area (TPSA) is 102 Å². The molecule has 1 fully saturated rings. The number of anilines is 1. The Morgan fingerprint density at radius 1 is 1.20 bits per heavy atom. The maximum absolute atomic E-state index is 12.0. The van der Waals surface area contributed by atoms with Crippen LogP contribution in [0.3, 0.4) is 0 Å². The highest BCUT2D eigenvalue weighted by Gasteiger charge is 2.28. The van der Waals surface area contributed by atoms with E-state index in [1.165, 1.54) is 0 Å². The number of rotatable bonds is 4. The average molecular weight is 368 g/mol. The highest BCUT2D eigenvalue weighted by molar-refractivity contribution is 7.91. The van der Waals surface area contributed by atoms with Crippen LogP contribution in [0.4, 0.5) is 10.5 Å². The minimum absolute atomic E-state index is 0.0114. The van der Waals surface area contributed by atoms with Crippen molar-refractivity contribution in [1.29, 1.82) is 0 Å². The zero-order valence-electron chi connectivity index (χ0n) is 14.7. The van der Waals surface area contributed by atoms with Crippen LogP contribution >= 0.6 is 0 Å². The summed E-state index contributed by atoms with van der Waals surface area (Å²) in [6, 6.07) is 6.54. The van der Waals surface area contributed by atoms with Gasteiger partial charge in [0.05, 0.1) is 17.9 Å². The molecule has 0 aliphatic carbocycles. The van der Waals surface area contributed by atoms with Crippen molar-refractivity contribution in [3.8, 4) is 0 Å². The summed E-state index contributed by atoms with van der Waals surface area (Å²) < 4.78 is 28.0. The van der Waals surface area contributed by atoms with E-state index in [0.29, 0.717) is 12.1 Å². The lowest BCUT2D eigenvalue weighted by molar-refractivity contribution is -0.121. The Bertz CT molecular complexity index is 735. The summed E-state index contributed by atoms with van der Waals surface area (Å²) in [6.45, 7) is 5.34. The minimum Gasteiger partial charge on any atom is -0.444 e. The summed E-state index contributed by atoms with van der Waals surface area (Å²) >= 11 is 0. The van der Waals surface area contributed by atoms with E-state index in [1.807, 2.05) is 0 Å². The highest BCUT2D eigenvalue weighted by Crippen LogP contribution is 2.14. The van der Waals surface area contributed by atoms with Crippen molar-refractivity contribution in [2.75, 3.05) is 16.8 Å². The van der Waals surface area contributed by atoms with E-state index >= 15 is 0 Å². The van der Waals surface area contributed by atoms with Crippen molar-refractivity contribution in [2.45, 2.75) is 45.3 Å². The Hall–Kier alpha value is -2.09. The summed E-state index contributed by atoms with van der Waals surface area (Å²) in [5.74, 6) is -0.0737. The second kappa shape index (κ2) is 7.43. The molecule has 7 nitrogen and oxygen atoms in total.